The molecule has 1 aromatic rings. The predicted molar refractivity (Wildman–Crippen MR) is 75.8 cm³/mol. The molecule has 1 saturated heterocycles. The Morgan fingerprint density at radius 3 is 2.71 bits per heavy atom. The summed E-state index contributed by atoms with van der Waals surface area (Å²) in [5, 5.41) is 10.5. The van der Waals surface area contributed by atoms with Crippen molar-refractivity contribution in [2.24, 2.45) is 0 Å². The molecule has 0 bridgehead atoms. The Morgan fingerprint density at radius 1 is 1.41 bits per heavy atom. The molecule has 2 atom stereocenters. The molecule has 1 aromatic carbocycles. The van der Waals surface area contributed by atoms with Crippen LogP contribution in [0.1, 0.15) is 31.9 Å². The topological polar surface area (TPSA) is 23.5 Å². The summed E-state index contributed by atoms with van der Waals surface area (Å²) in [5.41, 5.74) is 2.31. The van der Waals surface area contributed by atoms with Crippen molar-refractivity contribution < 1.29 is 5.11 Å². The number of rotatable bonds is 3. The standard InChI is InChI=1S/C14H21NOS/c1-3-14(16)12-4-6-13(7-5-12)15-8-9-17-11(2)10-15/h4-7,11,14,16H,3,8-10H2,1-2H3/t11?,14-/m1/s1. The first kappa shape index (κ1) is 12.8. The number of aliphatic hydroxyl groups excluding tert-OH is 1. The molecule has 3 heteroatoms. The molecule has 17 heavy (non-hydrogen) atoms. The molecule has 0 saturated carbocycles. The van der Waals surface area contributed by atoms with Crippen molar-refractivity contribution in [3.05, 3.63) is 29.8 Å². The maximum Gasteiger partial charge on any atom is 0.0787 e. The van der Waals surface area contributed by atoms with Gasteiger partial charge in [0.25, 0.3) is 0 Å². The van der Waals surface area contributed by atoms with Crippen molar-refractivity contribution in [1.29, 1.82) is 0 Å². The van der Waals surface area contributed by atoms with Crippen LogP contribution in [0.15, 0.2) is 24.3 Å². The zero-order chi connectivity index (χ0) is 12.3. The minimum absolute atomic E-state index is 0.320. The highest BCUT2D eigenvalue weighted by Crippen LogP contribution is 2.25. The number of nitrogens with zero attached hydrogens (tertiary/aromatic N) is 1. The van der Waals surface area contributed by atoms with E-state index in [2.05, 4.69) is 36.1 Å². The normalized spacial score (nSPS) is 22.5. The summed E-state index contributed by atoms with van der Waals surface area (Å²) >= 11 is 2.05. The van der Waals surface area contributed by atoms with Gasteiger partial charge in [-0.25, -0.2) is 0 Å². The number of aliphatic hydroxyl groups is 1. The summed E-state index contributed by atoms with van der Waals surface area (Å²) in [7, 11) is 0. The van der Waals surface area contributed by atoms with Gasteiger partial charge in [0.05, 0.1) is 6.10 Å². The SMILES string of the molecule is CC[C@@H](O)c1ccc(N2CCSC(C)C2)cc1. The average molecular weight is 251 g/mol. The Labute approximate surface area is 108 Å². The van der Waals surface area contributed by atoms with Crippen LogP contribution in [-0.4, -0.2) is 29.2 Å². The molecule has 1 fully saturated rings. The second-order valence-corrected chi connectivity index (χ2v) is 6.19. The van der Waals surface area contributed by atoms with Gasteiger partial charge in [-0.2, -0.15) is 11.8 Å². The van der Waals surface area contributed by atoms with Gasteiger partial charge in [-0.15, -0.1) is 0 Å². The molecule has 94 valence electrons. The van der Waals surface area contributed by atoms with Crippen LogP contribution in [0, 0.1) is 0 Å². The third-order valence-corrected chi connectivity index (χ3v) is 4.41. The van der Waals surface area contributed by atoms with E-state index in [0.29, 0.717) is 5.25 Å². The van der Waals surface area contributed by atoms with Gasteiger partial charge in [-0.1, -0.05) is 26.0 Å². The molecule has 0 spiro atoms. The number of hydrogen-bond donors (Lipinski definition) is 1. The van der Waals surface area contributed by atoms with Crippen molar-refractivity contribution in [3.63, 3.8) is 0 Å². The predicted octanol–water partition coefficient (Wildman–Crippen LogP) is 3.07. The monoisotopic (exact) mass is 251 g/mol. The highest BCUT2D eigenvalue weighted by molar-refractivity contribution is 8.00. The van der Waals surface area contributed by atoms with Gasteiger partial charge in [-0.3, -0.25) is 0 Å². The van der Waals surface area contributed by atoms with Gasteiger partial charge in [0.2, 0.25) is 0 Å². The molecule has 2 rings (SSSR count). The van der Waals surface area contributed by atoms with Crippen molar-refractivity contribution in [2.45, 2.75) is 31.6 Å². The molecular formula is C14H21NOS. The molecule has 0 aromatic heterocycles. The molecule has 1 unspecified atom stereocenters. The zero-order valence-electron chi connectivity index (χ0n) is 10.6. The average Bonchev–Trinajstić information content (AvgIpc) is 2.38. The van der Waals surface area contributed by atoms with Crippen LogP contribution in [0.25, 0.3) is 0 Å². The van der Waals surface area contributed by atoms with E-state index in [1.807, 2.05) is 18.7 Å². The molecular weight excluding hydrogens is 230 g/mol. The van der Waals surface area contributed by atoms with Crippen molar-refractivity contribution in [2.75, 3.05) is 23.7 Å². The first-order valence-electron chi connectivity index (χ1n) is 6.35. The second-order valence-electron chi connectivity index (χ2n) is 4.64. The highest BCUT2D eigenvalue weighted by Gasteiger charge is 2.17. The molecule has 0 radical (unpaired) electrons. The van der Waals surface area contributed by atoms with Crippen LogP contribution < -0.4 is 4.90 Å². The summed E-state index contributed by atoms with van der Waals surface area (Å²) < 4.78 is 0. The van der Waals surface area contributed by atoms with Gasteiger partial charge in [0, 0.05) is 29.8 Å². The van der Waals surface area contributed by atoms with E-state index in [-0.39, 0.29) is 6.10 Å². The van der Waals surface area contributed by atoms with Crippen LogP contribution in [0.4, 0.5) is 5.69 Å². The summed E-state index contributed by atoms with van der Waals surface area (Å²) in [6.07, 6.45) is 0.455. The van der Waals surface area contributed by atoms with E-state index >= 15 is 0 Å². The lowest BCUT2D eigenvalue weighted by molar-refractivity contribution is 0.173. The molecule has 1 N–H and O–H groups in total. The van der Waals surface area contributed by atoms with E-state index in [1.54, 1.807) is 0 Å². The highest BCUT2D eigenvalue weighted by atomic mass is 32.2. The van der Waals surface area contributed by atoms with Gasteiger partial charge < -0.3 is 10.0 Å². The first-order valence-corrected chi connectivity index (χ1v) is 7.40. The molecule has 1 aliphatic rings. The minimum atomic E-state index is -0.320. The van der Waals surface area contributed by atoms with Gasteiger partial charge in [0.15, 0.2) is 0 Å². The fraction of sp³-hybridized carbons (Fsp3) is 0.571. The quantitative estimate of drug-likeness (QED) is 0.893. The number of benzene rings is 1. The number of thioether (sulfide) groups is 1. The Balaban J connectivity index is 2.06. The molecule has 1 heterocycles. The fourth-order valence-corrected chi connectivity index (χ4v) is 3.21. The Bertz CT molecular complexity index is 352. The van der Waals surface area contributed by atoms with Crippen LogP contribution in [0.3, 0.4) is 0 Å². The number of hydrogen-bond acceptors (Lipinski definition) is 3. The van der Waals surface area contributed by atoms with Crippen molar-refractivity contribution in [3.8, 4) is 0 Å². The molecule has 0 amide bonds. The van der Waals surface area contributed by atoms with Gasteiger partial charge >= 0.3 is 0 Å². The van der Waals surface area contributed by atoms with Crippen LogP contribution in [0.5, 0.6) is 0 Å². The van der Waals surface area contributed by atoms with E-state index in [0.717, 1.165) is 25.1 Å². The maximum atomic E-state index is 9.76. The second kappa shape index (κ2) is 5.78. The van der Waals surface area contributed by atoms with E-state index in [9.17, 15) is 5.11 Å². The molecule has 0 aliphatic carbocycles. The Kier molecular flexibility index (Phi) is 4.35. The van der Waals surface area contributed by atoms with E-state index in [1.165, 1.54) is 11.4 Å². The summed E-state index contributed by atoms with van der Waals surface area (Å²) in [5.74, 6) is 1.21. The summed E-state index contributed by atoms with van der Waals surface area (Å²) in [4.78, 5) is 2.43. The molecule has 1 aliphatic heterocycles. The summed E-state index contributed by atoms with van der Waals surface area (Å²) in [6, 6.07) is 8.37. The third-order valence-electron chi connectivity index (χ3n) is 3.27. The maximum absolute atomic E-state index is 9.76. The first-order chi connectivity index (χ1) is 8.20. The van der Waals surface area contributed by atoms with Crippen LogP contribution in [-0.2, 0) is 0 Å². The van der Waals surface area contributed by atoms with E-state index < -0.39 is 0 Å². The van der Waals surface area contributed by atoms with Crippen LogP contribution in [0.2, 0.25) is 0 Å². The minimum Gasteiger partial charge on any atom is -0.388 e. The summed E-state index contributed by atoms with van der Waals surface area (Å²) in [6.45, 7) is 6.54. The van der Waals surface area contributed by atoms with E-state index in [4.69, 9.17) is 0 Å². The van der Waals surface area contributed by atoms with Crippen molar-refractivity contribution >= 4 is 17.4 Å². The van der Waals surface area contributed by atoms with Crippen LogP contribution >= 0.6 is 11.8 Å². The lowest BCUT2D eigenvalue weighted by atomic mass is 10.1. The smallest absolute Gasteiger partial charge is 0.0787 e. The Hall–Kier alpha value is -0.670. The Morgan fingerprint density at radius 2 is 2.12 bits per heavy atom. The number of anilines is 1. The van der Waals surface area contributed by atoms with Crippen molar-refractivity contribution in [1.82, 2.24) is 0 Å². The zero-order valence-corrected chi connectivity index (χ0v) is 11.4. The van der Waals surface area contributed by atoms with Gasteiger partial charge in [-0.05, 0) is 24.1 Å². The largest absolute Gasteiger partial charge is 0.388 e. The fourth-order valence-electron chi connectivity index (χ4n) is 2.20. The lowest BCUT2D eigenvalue weighted by Gasteiger charge is -2.32. The van der Waals surface area contributed by atoms with Gasteiger partial charge in [0.1, 0.15) is 0 Å². The third kappa shape index (κ3) is 3.17. The lowest BCUT2D eigenvalue weighted by Crippen LogP contribution is -2.36. The molecule has 2 nitrogen and oxygen atoms in total.